The molecule has 2 N–H and O–H groups in total. The first-order valence-electron chi connectivity index (χ1n) is 11.1. The van der Waals surface area contributed by atoms with Crippen molar-refractivity contribution in [2.45, 2.75) is 45.1 Å². The standard InChI is InChI=1S/C23H31N5O2/c1-2-19(21-24-16-20(25-21)17-8-4-3-5-9-17)26-22(29)18-10-14-28(15-11-18)23(30)27-12-6-7-13-27/h3-5,8-9,16,18-19H,2,6-7,10-15H2,1H3,(H,24,25)(H,26,29). The Bertz CT molecular complexity index is 851. The van der Waals surface area contributed by atoms with Crippen molar-refractivity contribution in [2.24, 2.45) is 5.92 Å². The Morgan fingerprint density at radius 3 is 2.43 bits per heavy atom. The molecular weight excluding hydrogens is 378 g/mol. The van der Waals surface area contributed by atoms with E-state index in [9.17, 15) is 9.59 Å². The molecule has 0 bridgehead atoms. The smallest absolute Gasteiger partial charge is 0.319 e. The minimum absolute atomic E-state index is 0.0507. The number of carbonyl (C=O) groups excluding carboxylic acids is 2. The van der Waals surface area contributed by atoms with Crippen LogP contribution in [-0.2, 0) is 4.79 Å². The highest BCUT2D eigenvalue weighted by Gasteiger charge is 2.31. The number of nitrogens with one attached hydrogen (secondary N) is 2. The molecule has 1 atom stereocenters. The molecule has 0 saturated carbocycles. The van der Waals surface area contributed by atoms with Crippen LogP contribution in [0.15, 0.2) is 36.5 Å². The molecule has 1 aromatic heterocycles. The third-order valence-electron chi connectivity index (χ3n) is 6.25. The highest BCUT2D eigenvalue weighted by molar-refractivity contribution is 5.80. The van der Waals surface area contributed by atoms with Crippen LogP contribution >= 0.6 is 0 Å². The van der Waals surface area contributed by atoms with E-state index < -0.39 is 0 Å². The maximum atomic E-state index is 12.9. The summed E-state index contributed by atoms with van der Waals surface area (Å²) in [7, 11) is 0. The van der Waals surface area contributed by atoms with Gasteiger partial charge in [-0.05, 0) is 37.7 Å². The number of H-pyrrole nitrogens is 1. The number of nitrogens with zero attached hydrogens (tertiary/aromatic N) is 3. The Kier molecular flexibility index (Phi) is 6.35. The molecule has 30 heavy (non-hydrogen) atoms. The van der Waals surface area contributed by atoms with E-state index in [0.29, 0.717) is 13.1 Å². The summed E-state index contributed by atoms with van der Waals surface area (Å²) >= 11 is 0. The van der Waals surface area contributed by atoms with Crippen LogP contribution in [0.3, 0.4) is 0 Å². The van der Waals surface area contributed by atoms with Crippen LogP contribution in [0.25, 0.3) is 11.3 Å². The van der Waals surface area contributed by atoms with E-state index in [1.807, 2.05) is 53.3 Å². The lowest BCUT2D eigenvalue weighted by Crippen LogP contribution is -2.48. The summed E-state index contributed by atoms with van der Waals surface area (Å²) in [6, 6.07) is 10.1. The van der Waals surface area contributed by atoms with Crippen molar-refractivity contribution in [3.05, 3.63) is 42.4 Å². The second-order valence-electron chi connectivity index (χ2n) is 8.26. The van der Waals surface area contributed by atoms with Crippen molar-refractivity contribution in [1.29, 1.82) is 0 Å². The molecule has 160 valence electrons. The monoisotopic (exact) mass is 409 g/mol. The van der Waals surface area contributed by atoms with Crippen LogP contribution in [0, 0.1) is 5.92 Å². The maximum Gasteiger partial charge on any atom is 0.319 e. The van der Waals surface area contributed by atoms with Crippen LogP contribution in [0.2, 0.25) is 0 Å². The molecule has 3 heterocycles. The van der Waals surface area contributed by atoms with E-state index in [4.69, 9.17) is 0 Å². The van der Waals surface area contributed by atoms with Gasteiger partial charge in [-0.3, -0.25) is 4.79 Å². The van der Waals surface area contributed by atoms with E-state index in [1.54, 1.807) is 0 Å². The topological polar surface area (TPSA) is 81.3 Å². The lowest BCUT2D eigenvalue weighted by molar-refractivity contribution is -0.127. The largest absolute Gasteiger partial charge is 0.346 e. The Balaban J connectivity index is 1.32. The van der Waals surface area contributed by atoms with E-state index >= 15 is 0 Å². The van der Waals surface area contributed by atoms with Crippen molar-refractivity contribution in [3.63, 3.8) is 0 Å². The molecule has 0 radical (unpaired) electrons. The zero-order valence-electron chi connectivity index (χ0n) is 17.6. The first-order chi connectivity index (χ1) is 14.7. The molecule has 0 spiro atoms. The molecule has 3 amide bonds. The van der Waals surface area contributed by atoms with Crippen molar-refractivity contribution in [1.82, 2.24) is 25.1 Å². The number of aromatic amines is 1. The number of aromatic nitrogens is 2. The van der Waals surface area contributed by atoms with E-state index in [1.165, 1.54) is 0 Å². The van der Waals surface area contributed by atoms with Gasteiger partial charge in [-0.25, -0.2) is 9.78 Å². The molecule has 2 aliphatic rings. The third-order valence-corrected chi connectivity index (χ3v) is 6.25. The summed E-state index contributed by atoms with van der Waals surface area (Å²) in [6.07, 6.45) is 6.22. The van der Waals surface area contributed by atoms with Crippen molar-refractivity contribution < 1.29 is 9.59 Å². The molecule has 4 rings (SSSR count). The predicted molar refractivity (Wildman–Crippen MR) is 116 cm³/mol. The fourth-order valence-corrected chi connectivity index (χ4v) is 4.37. The molecule has 0 aliphatic carbocycles. The molecule has 2 saturated heterocycles. The molecule has 7 heteroatoms. The third kappa shape index (κ3) is 4.50. The summed E-state index contributed by atoms with van der Waals surface area (Å²) in [6.45, 7) is 5.09. The molecule has 1 unspecified atom stereocenters. The lowest BCUT2D eigenvalue weighted by atomic mass is 9.95. The Hall–Kier alpha value is -2.83. The number of likely N-dealkylation sites (tertiary alicyclic amines) is 2. The van der Waals surface area contributed by atoms with Gasteiger partial charge in [0.15, 0.2) is 0 Å². The number of imidazole rings is 1. The molecule has 2 aromatic rings. The normalized spacial score (nSPS) is 18.4. The fourth-order valence-electron chi connectivity index (χ4n) is 4.37. The molecule has 1 aromatic carbocycles. The second-order valence-corrected chi connectivity index (χ2v) is 8.26. The molecule has 7 nitrogen and oxygen atoms in total. The zero-order chi connectivity index (χ0) is 20.9. The van der Waals surface area contributed by atoms with Crippen molar-refractivity contribution in [3.8, 4) is 11.3 Å². The Labute approximate surface area is 177 Å². The number of amides is 3. The van der Waals surface area contributed by atoms with Gasteiger partial charge in [0.1, 0.15) is 5.82 Å². The van der Waals surface area contributed by atoms with E-state index in [0.717, 1.165) is 62.3 Å². The molecule has 2 aliphatic heterocycles. The summed E-state index contributed by atoms with van der Waals surface area (Å²) in [4.78, 5) is 37.1. The first kappa shape index (κ1) is 20.4. The average Bonchev–Trinajstić information content (AvgIpc) is 3.50. The van der Waals surface area contributed by atoms with Crippen LogP contribution < -0.4 is 5.32 Å². The Morgan fingerprint density at radius 2 is 1.77 bits per heavy atom. The van der Waals surface area contributed by atoms with E-state index in [-0.39, 0.29) is 23.9 Å². The summed E-state index contributed by atoms with van der Waals surface area (Å²) in [5, 5.41) is 3.17. The van der Waals surface area contributed by atoms with Gasteiger partial charge < -0.3 is 20.1 Å². The molecule has 2 fully saturated rings. The number of urea groups is 1. The van der Waals surface area contributed by atoms with Crippen LogP contribution in [-0.4, -0.2) is 57.9 Å². The summed E-state index contributed by atoms with van der Waals surface area (Å²) < 4.78 is 0. The number of rotatable bonds is 5. The van der Waals surface area contributed by atoms with Gasteiger partial charge in [-0.1, -0.05) is 37.3 Å². The number of hydrogen-bond donors (Lipinski definition) is 2. The van der Waals surface area contributed by atoms with Crippen LogP contribution in [0.4, 0.5) is 4.79 Å². The second kappa shape index (κ2) is 9.32. The first-order valence-corrected chi connectivity index (χ1v) is 11.1. The number of hydrogen-bond acceptors (Lipinski definition) is 3. The summed E-state index contributed by atoms with van der Waals surface area (Å²) in [5.74, 6) is 0.796. The fraction of sp³-hybridized carbons (Fsp3) is 0.522. The van der Waals surface area contributed by atoms with Crippen molar-refractivity contribution >= 4 is 11.9 Å². The van der Waals surface area contributed by atoms with Gasteiger partial charge >= 0.3 is 6.03 Å². The van der Waals surface area contributed by atoms with Gasteiger partial charge in [0, 0.05) is 32.1 Å². The van der Waals surface area contributed by atoms with Crippen LogP contribution in [0.1, 0.15) is 50.9 Å². The van der Waals surface area contributed by atoms with Crippen molar-refractivity contribution in [2.75, 3.05) is 26.2 Å². The SMILES string of the molecule is CCC(NC(=O)C1CCN(C(=O)N2CCCC2)CC1)c1ncc(-c2ccccc2)[nH]1. The number of carbonyl (C=O) groups is 2. The van der Waals surface area contributed by atoms with Crippen LogP contribution in [0.5, 0.6) is 0 Å². The van der Waals surface area contributed by atoms with Gasteiger partial charge in [-0.15, -0.1) is 0 Å². The predicted octanol–water partition coefficient (Wildman–Crippen LogP) is 3.57. The maximum absolute atomic E-state index is 12.9. The summed E-state index contributed by atoms with van der Waals surface area (Å²) in [5.41, 5.74) is 2.03. The van der Waals surface area contributed by atoms with E-state index in [2.05, 4.69) is 15.3 Å². The van der Waals surface area contributed by atoms with Gasteiger partial charge in [0.25, 0.3) is 0 Å². The van der Waals surface area contributed by atoms with Gasteiger partial charge in [0.2, 0.25) is 5.91 Å². The lowest BCUT2D eigenvalue weighted by Gasteiger charge is -2.34. The van der Waals surface area contributed by atoms with Gasteiger partial charge in [0.05, 0.1) is 17.9 Å². The highest BCUT2D eigenvalue weighted by Crippen LogP contribution is 2.24. The molecular formula is C23H31N5O2. The quantitative estimate of drug-likeness (QED) is 0.792. The highest BCUT2D eigenvalue weighted by atomic mass is 16.2. The number of piperidine rings is 1. The average molecular weight is 410 g/mol. The van der Waals surface area contributed by atoms with Gasteiger partial charge in [-0.2, -0.15) is 0 Å². The number of benzene rings is 1. The zero-order valence-corrected chi connectivity index (χ0v) is 17.6. The Morgan fingerprint density at radius 1 is 1.10 bits per heavy atom. The minimum atomic E-state index is -0.140. The minimum Gasteiger partial charge on any atom is -0.346 e.